The number of likely N-dealkylation sites (N-methyl/N-ethyl adjacent to an activating group) is 1. The third-order valence-corrected chi connectivity index (χ3v) is 16.4. The summed E-state index contributed by atoms with van der Waals surface area (Å²) in [5.41, 5.74) is -3.37. The van der Waals surface area contributed by atoms with Gasteiger partial charge >= 0.3 is 5.97 Å². The zero-order chi connectivity index (χ0) is 51.3. The molecule has 2 N–H and O–H groups in total. The molecule has 0 aromatic heterocycles. The SMILES string of the molecule is CC[C@@H]1OC(=O)[C@H](C)[C@@H](O[C@H]2C[C@@](C)(OC)[C@@H](O[Si](C)(C)C)[C@H](C)O2)[C@H](C)[C@@H](O[C@@H]2O[C@H](C)C[C@H](N(C)C)[C@H]2O[Si](C)(C)C)[C@](C)(OC)C[C@H](C)/C(=N\OC2C=CC=CC=C2)[C@@H](C)[C@@H](O)[C@]1(C)O. The lowest BCUT2D eigenvalue weighted by atomic mass is 9.73. The monoisotopic (exact) mass is 997 g/mol. The average molecular weight is 997 g/mol. The lowest BCUT2D eigenvalue weighted by molar-refractivity contribution is -0.316. The Hall–Kier alpha value is -1.85. The molecule has 392 valence electrons. The van der Waals surface area contributed by atoms with E-state index in [0.29, 0.717) is 18.6 Å². The van der Waals surface area contributed by atoms with Crippen molar-refractivity contribution in [3.8, 4) is 0 Å². The Kier molecular flexibility index (Phi) is 20.5. The summed E-state index contributed by atoms with van der Waals surface area (Å²) < 4.78 is 61.1. The fraction of sp³-hybridized carbons (Fsp3) is 0.843. The highest BCUT2D eigenvalue weighted by Gasteiger charge is 2.55. The van der Waals surface area contributed by atoms with Crippen LogP contribution in [0.25, 0.3) is 0 Å². The minimum absolute atomic E-state index is 0.0348. The fourth-order valence-corrected chi connectivity index (χ4v) is 12.9. The predicted molar refractivity (Wildman–Crippen MR) is 270 cm³/mol. The van der Waals surface area contributed by atoms with Gasteiger partial charge in [0.15, 0.2) is 35.3 Å². The van der Waals surface area contributed by atoms with Crippen LogP contribution in [0.3, 0.4) is 0 Å². The zero-order valence-corrected chi connectivity index (χ0v) is 47.3. The largest absolute Gasteiger partial charge is 0.459 e. The number of nitrogens with zero attached hydrogens (tertiary/aromatic N) is 2. The molecule has 0 aromatic carbocycles. The molecule has 17 heteroatoms. The van der Waals surface area contributed by atoms with Crippen molar-refractivity contribution in [2.75, 3.05) is 28.3 Å². The third-order valence-electron chi connectivity index (χ3n) is 14.4. The highest BCUT2D eigenvalue weighted by Crippen LogP contribution is 2.43. The lowest BCUT2D eigenvalue weighted by Gasteiger charge is -2.51. The van der Waals surface area contributed by atoms with Crippen LogP contribution < -0.4 is 0 Å². The van der Waals surface area contributed by atoms with Crippen molar-refractivity contribution in [2.45, 2.75) is 225 Å². The summed E-state index contributed by atoms with van der Waals surface area (Å²) in [6.45, 7) is 31.8. The van der Waals surface area contributed by atoms with Gasteiger partial charge in [0, 0.05) is 44.4 Å². The van der Waals surface area contributed by atoms with Crippen molar-refractivity contribution in [3.63, 3.8) is 0 Å². The standard InChI is InChI=1S/C51H92N2O13Si2/c1-21-39-51(10,56)44(54)33(4)41(52-64-37-26-24-22-23-25-27-37)31(2)29-49(8,57-13)45(63-48-43(65-67(15,16)17)38(53(11)12)28-32(3)59-48)34(5)42(35(6)47(55)61-39)62-40-30-50(9,58-14)46(36(7)60-40)66-68(18,19)20/h22-27,31-40,42-46,48,54,56H,21,28-30H2,1-20H3/b52-41+/t31-,32+,33+,34-,35+,36-,38-,39-,40-,42-,43+,44+,45+,46-,48-,49+,50+,51+/m0/s1. The number of oxime groups is 1. The molecule has 18 atom stereocenters. The number of allylic oxidation sites excluding steroid dienone is 4. The molecule has 68 heavy (non-hydrogen) atoms. The molecule has 3 aliphatic heterocycles. The molecule has 0 aromatic rings. The second-order valence-corrected chi connectivity index (χ2v) is 31.8. The van der Waals surface area contributed by atoms with Crippen LogP contribution in [0.15, 0.2) is 41.6 Å². The van der Waals surface area contributed by atoms with Crippen LogP contribution >= 0.6 is 0 Å². The maximum atomic E-state index is 14.8. The molecule has 0 radical (unpaired) electrons. The third kappa shape index (κ3) is 14.7. The molecule has 0 amide bonds. The maximum absolute atomic E-state index is 14.8. The van der Waals surface area contributed by atoms with E-state index in [9.17, 15) is 15.0 Å². The highest BCUT2D eigenvalue weighted by molar-refractivity contribution is 6.70. The summed E-state index contributed by atoms with van der Waals surface area (Å²) in [5, 5.41) is 29.3. The van der Waals surface area contributed by atoms with Crippen molar-refractivity contribution in [1.29, 1.82) is 0 Å². The topological polar surface area (TPSA) is 165 Å². The Labute approximate surface area is 411 Å². The van der Waals surface area contributed by atoms with Crippen LogP contribution in [-0.4, -0.2) is 162 Å². The van der Waals surface area contributed by atoms with Gasteiger partial charge in [-0.3, -0.25) is 4.79 Å². The van der Waals surface area contributed by atoms with Gasteiger partial charge in [0.1, 0.15) is 17.8 Å². The van der Waals surface area contributed by atoms with E-state index in [0.717, 1.165) is 6.42 Å². The molecule has 4 rings (SSSR count). The van der Waals surface area contributed by atoms with Gasteiger partial charge in [-0.15, -0.1) is 0 Å². The van der Waals surface area contributed by atoms with Crippen molar-refractivity contribution in [1.82, 2.24) is 4.90 Å². The van der Waals surface area contributed by atoms with Crippen LogP contribution in [0, 0.1) is 23.7 Å². The first-order chi connectivity index (χ1) is 31.4. The van der Waals surface area contributed by atoms with Crippen LogP contribution in [0.4, 0.5) is 0 Å². The highest BCUT2D eigenvalue weighted by atomic mass is 28.4. The van der Waals surface area contributed by atoms with Crippen LogP contribution in [0.5, 0.6) is 0 Å². The van der Waals surface area contributed by atoms with Crippen molar-refractivity contribution in [3.05, 3.63) is 36.5 Å². The van der Waals surface area contributed by atoms with Crippen LogP contribution in [-0.2, 0) is 51.6 Å². The van der Waals surface area contributed by atoms with Gasteiger partial charge in [-0.2, -0.15) is 0 Å². The summed E-state index contributed by atoms with van der Waals surface area (Å²) >= 11 is 0. The van der Waals surface area contributed by atoms with Gasteiger partial charge in [0.2, 0.25) is 0 Å². The number of aliphatic hydroxyl groups is 2. The Morgan fingerprint density at radius 2 is 1.37 bits per heavy atom. The molecule has 0 spiro atoms. The average Bonchev–Trinajstić information content (AvgIpc) is 3.52. The van der Waals surface area contributed by atoms with Crippen molar-refractivity contribution >= 4 is 28.3 Å². The van der Waals surface area contributed by atoms with Crippen molar-refractivity contribution < 1.29 is 61.9 Å². The van der Waals surface area contributed by atoms with Gasteiger partial charge in [0.05, 0.1) is 59.5 Å². The Bertz CT molecular complexity index is 1730. The molecule has 3 saturated heterocycles. The summed E-state index contributed by atoms with van der Waals surface area (Å²) in [5.74, 6) is -3.40. The number of rotatable bonds is 14. The van der Waals surface area contributed by atoms with E-state index in [2.05, 4.69) is 58.3 Å². The van der Waals surface area contributed by atoms with E-state index in [1.807, 2.05) is 84.9 Å². The number of cyclic esters (lactones) is 1. The Morgan fingerprint density at radius 1 is 0.794 bits per heavy atom. The summed E-state index contributed by atoms with van der Waals surface area (Å²) in [7, 11) is 3.19. The first kappa shape index (κ1) is 58.7. The molecule has 3 heterocycles. The number of carbonyl (C=O) groups excluding carboxylic acids is 1. The molecule has 0 bridgehead atoms. The number of methoxy groups -OCH3 is 2. The van der Waals surface area contributed by atoms with Gasteiger partial charge < -0.3 is 62.0 Å². The van der Waals surface area contributed by atoms with E-state index in [1.54, 1.807) is 28.1 Å². The first-order valence-electron chi connectivity index (χ1n) is 25.0. The number of hydrogen-bond donors (Lipinski definition) is 2. The molecular weight excluding hydrogens is 905 g/mol. The molecular formula is C51H92N2O13Si2. The van der Waals surface area contributed by atoms with Crippen LogP contribution in [0.2, 0.25) is 39.3 Å². The molecule has 15 nitrogen and oxygen atoms in total. The quantitative estimate of drug-likeness (QED) is 0.0977. The predicted octanol–water partition coefficient (Wildman–Crippen LogP) is 8.01. The first-order valence-corrected chi connectivity index (χ1v) is 31.8. The van der Waals surface area contributed by atoms with Crippen molar-refractivity contribution in [2.24, 2.45) is 28.8 Å². The van der Waals surface area contributed by atoms with Gasteiger partial charge in [0.25, 0.3) is 0 Å². The van der Waals surface area contributed by atoms with E-state index >= 15 is 0 Å². The number of carbonyl (C=O) groups is 1. The van der Waals surface area contributed by atoms with E-state index < -0.39 is 118 Å². The van der Waals surface area contributed by atoms with E-state index in [4.69, 9.17) is 52.0 Å². The lowest BCUT2D eigenvalue weighted by Crippen LogP contribution is -2.63. The number of aliphatic hydroxyl groups excluding tert-OH is 1. The number of ether oxygens (including phenoxy) is 7. The second-order valence-electron chi connectivity index (χ2n) is 22.9. The second kappa shape index (κ2) is 23.8. The molecule has 4 aliphatic rings. The molecule has 0 saturated carbocycles. The summed E-state index contributed by atoms with van der Waals surface area (Å²) in [6.07, 6.45) is 4.95. The van der Waals surface area contributed by atoms with Gasteiger partial charge in [-0.25, -0.2) is 0 Å². The van der Waals surface area contributed by atoms with Gasteiger partial charge in [-0.1, -0.05) is 57.2 Å². The molecule has 0 unspecified atom stereocenters. The smallest absolute Gasteiger partial charge is 0.311 e. The summed E-state index contributed by atoms with van der Waals surface area (Å²) in [6, 6.07) is -0.0348. The normalized spacial score (nSPS) is 42.5. The summed E-state index contributed by atoms with van der Waals surface area (Å²) in [4.78, 5) is 23.2. The van der Waals surface area contributed by atoms with E-state index in [1.165, 1.54) is 6.92 Å². The fourth-order valence-electron chi connectivity index (χ4n) is 10.6. The molecule has 3 fully saturated rings. The Morgan fingerprint density at radius 3 is 1.90 bits per heavy atom. The molecule has 1 aliphatic carbocycles. The number of hydrogen-bond acceptors (Lipinski definition) is 15. The van der Waals surface area contributed by atoms with E-state index in [-0.39, 0.29) is 24.7 Å². The zero-order valence-electron chi connectivity index (χ0n) is 45.3. The Balaban J connectivity index is 1.97. The van der Waals surface area contributed by atoms with Gasteiger partial charge in [-0.05, 0) is 126 Å². The minimum Gasteiger partial charge on any atom is -0.459 e. The van der Waals surface area contributed by atoms with Crippen LogP contribution in [0.1, 0.15) is 94.9 Å². The number of esters is 1. The maximum Gasteiger partial charge on any atom is 0.311 e. The minimum atomic E-state index is -2.20.